The van der Waals surface area contributed by atoms with Crippen molar-refractivity contribution in [2.75, 3.05) is 57.8 Å². The summed E-state index contributed by atoms with van der Waals surface area (Å²) in [6.07, 6.45) is 7.10. The lowest BCUT2D eigenvalue weighted by molar-refractivity contribution is 0.0741. The topological polar surface area (TPSA) is 62.6 Å². The minimum atomic E-state index is 0.134. The fourth-order valence-electron chi connectivity index (χ4n) is 4.96. The van der Waals surface area contributed by atoms with E-state index in [9.17, 15) is 4.79 Å². The second-order valence-corrected chi connectivity index (χ2v) is 11.3. The van der Waals surface area contributed by atoms with Crippen molar-refractivity contribution in [3.05, 3.63) is 23.8 Å². The minimum absolute atomic E-state index is 0.134. The number of piperidine rings is 1. The van der Waals surface area contributed by atoms with Gasteiger partial charge in [-0.3, -0.25) is 4.79 Å². The molecule has 1 aromatic carbocycles. The molecule has 208 valence electrons. The van der Waals surface area contributed by atoms with Crippen molar-refractivity contribution >= 4 is 22.9 Å². The van der Waals surface area contributed by atoms with Crippen LogP contribution in [0, 0.1) is 11.8 Å². The number of carbonyl (C=O) groups is 1. The highest BCUT2D eigenvalue weighted by Crippen LogP contribution is 2.23. The van der Waals surface area contributed by atoms with Crippen LogP contribution in [0.5, 0.6) is 0 Å². The molecule has 0 aliphatic carbocycles. The average Bonchev–Trinajstić information content (AvgIpc) is 3.23. The quantitative estimate of drug-likeness (QED) is 0.283. The highest BCUT2D eigenvalue weighted by Gasteiger charge is 2.19. The first-order valence-corrected chi connectivity index (χ1v) is 14.7. The standard InChI is InChI=1S/C30H51N5O2/c1-6-37-22-15-31-30-32-27-12-11-26(29(36)34(20-13-24(2)3)21-14-25(4)5)23-28(27)35(30)19-10-18-33-16-8-7-9-17-33/h11-12,23-25H,6-10,13-22H2,1-5H3,(H,31,32). The van der Waals surface area contributed by atoms with Gasteiger partial charge in [0.2, 0.25) is 5.95 Å². The van der Waals surface area contributed by atoms with E-state index >= 15 is 0 Å². The predicted octanol–water partition coefficient (Wildman–Crippen LogP) is 5.90. The molecule has 1 aromatic heterocycles. The Morgan fingerprint density at radius 2 is 1.76 bits per heavy atom. The number of benzene rings is 1. The lowest BCUT2D eigenvalue weighted by atomic mass is 10.1. The molecule has 1 aliphatic heterocycles. The minimum Gasteiger partial charge on any atom is -0.380 e. The van der Waals surface area contributed by atoms with Gasteiger partial charge in [-0.15, -0.1) is 0 Å². The van der Waals surface area contributed by atoms with Crippen molar-refractivity contribution in [2.45, 2.75) is 79.7 Å². The van der Waals surface area contributed by atoms with E-state index in [0.29, 0.717) is 31.6 Å². The maximum Gasteiger partial charge on any atom is 0.253 e. The number of nitrogens with one attached hydrogen (secondary N) is 1. The lowest BCUT2D eigenvalue weighted by Crippen LogP contribution is -2.34. The number of aryl methyl sites for hydroxylation is 1. The summed E-state index contributed by atoms with van der Waals surface area (Å²) >= 11 is 0. The van der Waals surface area contributed by atoms with E-state index in [1.165, 1.54) is 32.4 Å². The number of amides is 1. The molecule has 7 nitrogen and oxygen atoms in total. The zero-order valence-electron chi connectivity index (χ0n) is 24.1. The first-order valence-electron chi connectivity index (χ1n) is 14.7. The van der Waals surface area contributed by atoms with Gasteiger partial charge in [0.15, 0.2) is 0 Å². The smallest absolute Gasteiger partial charge is 0.253 e. The number of fused-ring (bicyclic) bond motifs is 1. The van der Waals surface area contributed by atoms with E-state index in [4.69, 9.17) is 9.72 Å². The first-order chi connectivity index (χ1) is 17.9. The molecule has 0 atom stereocenters. The summed E-state index contributed by atoms with van der Waals surface area (Å²) in [7, 11) is 0. The lowest BCUT2D eigenvalue weighted by Gasteiger charge is -2.26. The molecule has 1 amide bonds. The van der Waals surface area contributed by atoms with Crippen molar-refractivity contribution in [2.24, 2.45) is 11.8 Å². The number of carbonyl (C=O) groups excluding carboxylic acids is 1. The summed E-state index contributed by atoms with van der Waals surface area (Å²) in [5.41, 5.74) is 2.73. The zero-order chi connectivity index (χ0) is 26.6. The third-order valence-corrected chi connectivity index (χ3v) is 7.27. The van der Waals surface area contributed by atoms with Crippen LogP contribution in [-0.4, -0.2) is 77.7 Å². The van der Waals surface area contributed by atoms with Gasteiger partial charge >= 0.3 is 0 Å². The van der Waals surface area contributed by atoms with E-state index in [1.54, 1.807) is 0 Å². The molecule has 7 heteroatoms. The van der Waals surface area contributed by atoms with Gasteiger partial charge < -0.3 is 24.4 Å². The SMILES string of the molecule is CCOCCNc1nc2ccc(C(=O)N(CCC(C)C)CCC(C)C)cc2n1CCCN1CCCCC1. The van der Waals surface area contributed by atoms with Gasteiger partial charge in [0.05, 0.1) is 17.6 Å². The predicted molar refractivity (Wildman–Crippen MR) is 154 cm³/mol. The van der Waals surface area contributed by atoms with Crippen molar-refractivity contribution in [3.63, 3.8) is 0 Å². The molecule has 1 fully saturated rings. The van der Waals surface area contributed by atoms with Crippen LogP contribution in [0.25, 0.3) is 11.0 Å². The summed E-state index contributed by atoms with van der Waals surface area (Å²) in [6, 6.07) is 6.04. The molecule has 1 N–H and O–H groups in total. The van der Waals surface area contributed by atoms with Crippen LogP contribution in [0.3, 0.4) is 0 Å². The fourth-order valence-corrected chi connectivity index (χ4v) is 4.96. The molecule has 0 radical (unpaired) electrons. The molecule has 2 aromatic rings. The molecule has 0 spiro atoms. The number of imidazole rings is 1. The van der Waals surface area contributed by atoms with E-state index in [2.05, 4.69) is 53.4 Å². The number of hydrogen-bond acceptors (Lipinski definition) is 5. The maximum absolute atomic E-state index is 13.7. The first kappa shape index (κ1) is 29.4. The van der Waals surface area contributed by atoms with Crippen molar-refractivity contribution in [1.29, 1.82) is 0 Å². The van der Waals surface area contributed by atoms with Crippen LogP contribution in [0.15, 0.2) is 18.2 Å². The Morgan fingerprint density at radius 3 is 2.41 bits per heavy atom. The van der Waals surface area contributed by atoms with Gasteiger partial charge in [0, 0.05) is 38.3 Å². The summed E-state index contributed by atoms with van der Waals surface area (Å²) in [5, 5.41) is 3.48. The van der Waals surface area contributed by atoms with Crippen LogP contribution in [0.1, 0.15) is 83.5 Å². The molecular formula is C30H51N5O2. The molecule has 3 rings (SSSR count). The number of nitrogens with zero attached hydrogens (tertiary/aromatic N) is 4. The summed E-state index contributed by atoms with van der Waals surface area (Å²) in [5.74, 6) is 2.15. The van der Waals surface area contributed by atoms with Gasteiger partial charge in [-0.05, 0) is 88.7 Å². The van der Waals surface area contributed by atoms with E-state index in [0.717, 1.165) is 68.0 Å². The van der Waals surface area contributed by atoms with Crippen molar-refractivity contribution < 1.29 is 9.53 Å². The Hall–Kier alpha value is -2.12. The molecule has 2 heterocycles. The van der Waals surface area contributed by atoms with E-state index < -0.39 is 0 Å². The summed E-state index contributed by atoms with van der Waals surface area (Å²) in [6.45, 7) is 19.0. The third kappa shape index (κ3) is 9.29. The zero-order valence-corrected chi connectivity index (χ0v) is 24.1. The van der Waals surface area contributed by atoms with E-state index in [-0.39, 0.29) is 5.91 Å². The van der Waals surface area contributed by atoms with Gasteiger partial charge in [-0.1, -0.05) is 34.1 Å². The van der Waals surface area contributed by atoms with E-state index in [1.807, 2.05) is 19.1 Å². The van der Waals surface area contributed by atoms with Gasteiger partial charge in [0.1, 0.15) is 0 Å². The monoisotopic (exact) mass is 513 g/mol. The number of rotatable bonds is 16. The Morgan fingerprint density at radius 1 is 1.05 bits per heavy atom. The highest BCUT2D eigenvalue weighted by atomic mass is 16.5. The van der Waals surface area contributed by atoms with Crippen LogP contribution in [-0.2, 0) is 11.3 Å². The number of aromatic nitrogens is 2. The third-order valence-electron chi connectivity index (χ3n) is 7.27. The number of hydrogen-bond donors (Lipinski definition) is 1. The van der Waals surface area contributed by atoms with Crippen molar-refractivity contribution in [3.8, 4) is 0 Å². The van der Waals surface area contributed by atoms with Gasteiger partial charge in [-0.2, -0.15) is 0 Å². The second kappa shape index (κ2) is 15.3. The molecule has 37 heavy (non-hydrogen) atoms. The van der Waals surface area contributed by atoms with Gasteiger partial charge in [-0.25, -0.2) is 4.98 Å². The Labute approximate surface area is 224 Å². The van der Waals surface area contributed by atoms with Crippen molar-refractivity contribution in [1.82, 2.24) is 19.4 Å². The molecule has 1 aliphatic rings. The molecule has 0 saturated carbocycles. The normalized spacial score (nSPS) is 14.7. The number of ether oxygens (including phenoxy) is 1. The Balaban J connectivity index is 1.81. The van der Waals surface area contributed by atoms with Crippen LogP contribution >= 0.6 is 0 Å². The Bertz CT molecular complexity index is 937. The second-order valence-electron chi connectivity index (χ2n) is 11.3. The Kier molecular flexibility index (Phi) is 12.2. The number of anilines is 1. The van der Waals surface area contributed by atoms with Crippen LogP contribution < -0.4 is 5.32 Å². The molecule has 0 bridgehead atoms. The molecular weight excluding hydrogens is 462 g/mol. The molecule has 0 unspecified atom stereocenters. The summed E-state index contributed by atoms with van der Waals surface area (Å²) < 4.78 is 7.80. The van der Waals surface area contributed by atoms with Crippen LogP contribution in [0.2, 0.25) is 0 Å². The van der Waals surface area contributed by atoms with Crippen LogP contribution in [0.4, 0.5) is 5.95 Å². The number of likely N-dealkylation sites (tertiary alicyclic amines) is 1. The largest absolute Gasteiger partial charge is 0.380 e. The molecule has 1 saturated heterocycles. The summed E-state index contributed by atoms with van der Waals surface area (Å²) in [4.78, 5) is 23.2. The average molecular weight is 514 g/mol. The highest BCUT2D eigenvalue weighted by molar-refractivity contribution is 5.97. The fraction of sp³-hybridized carbons (Fsp3) is 0.733. The van der Waals surface area contributed by atoms with Gasteiger partial charge in [0.25, 0.3) is 5.91 Å². The maximum atomic E-state index is 13.7.